The van der Waals surface area contributed by atoms with E-state index in [0.717, 1.165) is 64.2 Å². The monoisotopic (exact) mass is 472 g/mol. The number of aliphatic carboxylic acids is 1. The topological polar surface area (TPSA) is 77.8 Å². The van der Waals surface area contributed by atoms with E-state index < -0.39 is 22.9 Å². The van der Waals surface area contributed by atoms with Gasteiger partial charge in [-0.2, -0.15) is 0 Å². The number of carboxylic acids is 1. The second kappa shape index (κ2) is 7.34. The summed E-state index contributed by atoms with van der Waals surface area (Å²) >= 11 is 0. The fourth-order valence-electron chi connectivity index (χ4n) is 10.7. The zero-order valence-electron chi connectivity index (χ0n) is 22.4. The summed E-state index contributed by atoms with van der Waals surface area (Å²) in [6, 6.07) is 0. The Kier molecular flexibility index (Phi) is 5.36. The van der Waals surface area contributed by atoms with Gasteiger partial charge in [-0.25, -0.2) is 0 Å². The number of fused-ring (bicyclic) bond motifs is 7. The molecule has 4 saturated carbocycles. The molecule has 0 unspecified atom stereocenters. The van der Waals surface area contributed by atoms with Crippen molar-refractivity contribution in [3.05, 3.63) is 11.6 Å². The summed E-state index contributed by atoms with van der Waals surface area (Å²) in [5.74, 6) is 0.395. The lowest BCUT2D eigenvalue weighted by atomic mass is 9.33. The van der Waals surface area contributed by atoms with Crippen LogP contribution in [0.25, 0.3) is 0 Å². The average Bonchev–Trinajstić information content (AvgIpc) is 2.76. The third-order valence-electron chi connectivity index (χ3n) is 13.2. The number of carbonyl (C=O) groups is 1. The van der Waals surface area contributed by atoms with Gasteiger partial charge in [-0.1, -0.05) is 53.2 Å². The summed E-state index contributed by atoms with van der Waals surface area (Å²) in [4.78, 5) is 12.8. The molecular weight excluding hydrogens is 424 g/mol. The first-order chi connectivity index (χ1) is 15.7. The fourth-order valence-corrected chi connectivity index (χ4v) is 10.7. The van der Waals surface area contributed by atoms with Crippen LogP contribution in [0.15, 0.2) is 11.6 Å². The van der Waals surface area contributed by atoms with Crippen molar-refractivity contribution in [2.24, 2.45) is 50.2 Å². The predicted octanol–water partition coefficient (Wildman–Crippen LogP) is 6.21. The summed E-state index contributed by atoms with van der Waals surface area (Å²) in [5.41, 5.74) is 0.858. The molecule has 4 heteroatoms. The van der Waals surface area contributed by atoms with Crippen molar-refractivity contribution >= 4 is 5.97 Å². The summed E-state index contributed by atoms with van der Waals surface area (Å²) in [7, 11) is 0. The molecule has 5 aliphatic carbocycles. The summed E-state index contributed by atoms with van der Waals surface area (Å²) in [6.45, 7) is 14.3. The summed E-state index contributed by atoms with van der Waals surface area (Å²) in [5, 5.41) is 31.8. The molecule has 3 N–H and O–H groups in total. The third-order valence-corrected chi connectivity index (χ3v) is 13.2. The molecule has 4 nitrogen and oxygen atoms in total. The molecular formula is C30H48O4. The van der Waals surface area contributed by atoms with Crippen LogP contribution < -0.4 is 0 Å². The molecule has 9 atom stereocenters. The molecule has 0 amide bonds. The molecule has 0 aromatic carbocycles. The number of hydrogen-bond acceptors (Lipinski definition) is 3. The third kappa shape index (κ3) is 2.88. The van der Waals surface area contributed by atoms with Gasteiger partial charge in [0.2, 0.25) is 0 Å². The first kappa shape index (κ1) is 24.8. The van der Waals surface area contributed by atoms with Gasteiger partial charge in [0.05, 0.1) is 18.1 Å². The first-order valence-electron chi connectivity index (χ1n) is 13.9. The Labute approximate surface area is 206 Å². The number of aliphatic hydroxyl groups excluding tert-OH is 2. The highest BCUT2D eigenvalue weighted by Gasteiger charge is 2.69. The van der Waals surface area contributed by atoms with Crippen LogP contribution in [0.4, 0.5) is 0 Å². The van der Waals surface area contributed by atoms with Crippen LogP contribution in [0.2, 0.25) is 0 Å². The van der Waals surface area contributed by atoms with E-state index in [1.807, 2.05) is 0 Å². The number of allylic oxidation sites excluding steroid dienone is 2. The van der Waals surface area contributed by atoms with Gasteiger partial charge in [0, 0.05) is 5.41 Å². The van der Waals surface area contributed by atoms with Gasteiger partial charge < -0.3 is 15.3 Å². The van der Waals surface area contributed by atoms with Crippen molar-refractivity contribution in [2.45, 2.75) is 112 Å². The number of aliphatic hydroxyl groups is 2. The molecule has 0 aliphatic heterocycles. The molecule has 0 saturated heterocycles. The summed E-state index contributed by atoms with van der Waals surface area (Å²) < 4.78 is 0. The fraction of sp³-hybridized carbons (Fsp3) is 0.900. The highest BCUT2D eigenvalue weighted by atomic mass is 16.4. The Morgan fingerprint density at radius 1 is 0.941 bits per heavy atom. The van der Waals surface area contributed by atoms with Crippen molar-refractivity contribution in [1.29, 1.82) is 0 Å². The van der Waals surface area contributed by atoms with Crippen molar-refractivity contribution in [1.82, 2.24) is 0 Å². The molecule has 4 fully saturated rings. The Morgan fingerprint density at radius 3 is 2.26 bits per heavy atom. The molecule has 0 heterocycles. The van der Waals surface area contributed by atoms with Gasteiger partial charge in [-0.3, -0.25) is 4.79 Å². The molecule has 5 rings (SSSR count). The van der Waals surface area contributed by atoms with E-state index in [9.17, 15) is 20.1 Å². The minimum Gasteiger partial charge on any atom is -0.481 e. The second-order valence-electron chi connectivity index (χ2n) is 14.9. The molecule has 34 heavy (non-hydrogen) atoms. The van der Waals surface area contributed by atoms with E-state index >= 15 is 0 Å². The smallest absolute Gasteiger partial charge is 0.310 e. The van der Waals surface area contributed by atoms with Crippen LogP contribution in [0.1, 0.15) is 106 Å². The average molecular weight is 473 g/mol. The van der Waals surface area contributed by atoms with Gasteiger partial charge in [0.1, 0.15) is 0 Å². The van der Waals surface area contributed by atoms with E-state index in [2.05, 4.69) is 47.6 Å². The number of carboxylic acid groups (broad SMARTS) is 1. The van der Waals surface area contributed by atoms with Gasteiger partial charge in [0.25, 0.3) is 0 Å². The zero-order chi connectivity index (χ0) is 24.9. The van der Waals surface area contributed by atoms with Crippen LogP contribution in [0.5, 0.6) is 0 Å². The van der Waals surface area contributed by atoms with Crippen LogP contribution >= 0.6 is 0 Å². The number of hydrogen-bond donors (Lipinski definition) is 3. The summed E-state index contributed by atoms with van der Waals surface area (Å²) in [6.07, 6.45) is 11.6. The standard InChI is InChI=1S/C30H48O4/c1-25(2)13-15-30(24(33)34)16-14-28(5)19(20(30)17-25)7-8-22-26(3)11-10-23(32)27(4,18-31)21(26)9-12-29(22,28)6/h7,20-23,31-32H,8-18H2,1-6H3,(H,33,34)/t20-,21-,22-,23-,26+,27+,28-,29-,30+/m1/s1. The van der Waals surface area contributed by atoms with Crippen LogP contribution in [-0.2, 0) is 4.79 Å². The van der Waals surface area contributed by atoms with Gasteiger partial charge >= 0.3 is 5.97 Å². The highest BCUT2D eigenvalue weighted by Crippen LogP contribution is 2.75. The molecule has 5 aliphatic rings. The Balaban J connectivity index is 1.60. The maximum atomic E-state index is 12.8. The van der Waals surface area contributed by atoms with E-state index in [4.69, 9.17) is 0 Å². The SMILES string of the molecule is CC1(C)CC[C@]2(C(=O)O)CC[C@]3(C)C(=CC[C@@H]4[C@@]5(C)CC[C@@H](O)[C@@](C)(CO)[C@@H]5CC[C@]43C)[C@H]2C1. The van der Waals surface area contributed by atoms with Crippen molar-refractivity contribution in [2.75, 3.05) is 6.61 Å². The Bertz CT molecular complexity index is 907. The molecule has 192 valence electrons. The first-order valence-corrected chi connectivity index (χ1v) is 13.9. The maximum absolute atomic E-state index is 12.8. The molecule has 0 spiro atoms. The van der Waals surface area contributed by atoms with Crippen LogP contribution in [0, 0.1) is 50.2 Å². The predicted molar refractivity (Wildman–Crippen MR) is 134 cm³/mol. The molecule has 0 aromatic rings. The Hall–Kier alpha value is -0.870. The normalized spacial score (nSPS) is 54.1. The van der Waals surface area contributed by atoms with E-state index in [1.54, 1.807) is 0 Å². The van der Waals surface area contributed by atoms with Crippen LogP contribution in [0.3, 0.4) is 0 Å². The van der Waals surface area contributed by atoms with E-state index in [0.29, 0.717) is 11.8 Å². The van der Waals surface area contributed by atoms with Crippen LogP contribution in [-0.4, -0.2) is 34.0 Å². The molecule has 0 aromatic heterocycles. The largest absolute Gasteiger partial charge is 0.481 e. The molecule has 0 bridgehead atoms. The van der Waals surface area contributed by atoms with Crippen molar-refractivity contribution < 1.29 is 20.1 Å². The number of rotatable bonds is 2. The Morgan fingerprint density at radius 2 is 1.62 bits per heavy atom. The van der Waals surface area contributed by atoms with Gasteiger partial charge in [-0.15, -0.1) is 0 Å². The lowest BCUT2D eigenvalue weighted by Gasteiger charge is -2.71. The molecule has 0 radical (unpaired) electrons. The minimum atomic E-state index is -0.588. The van der Waals surface area contributed by atoms with Gasteiger partial charge in [-0.05, 0) is 104 Å². The zero-order valence-corrected chi connectivity index (χ0v) is 22.4. The quantitative estimate of drug-likeness (QED) is 0.418. The highest BCUT2D eigenvalue weighted by molar-refractivity contribution is 5.76. The minimum absolute atomic E-state index is 0.0204. The lowest BCUT2D eigenvalue weighted by Crippen LogP contribution is -2.65. The van der Waals surface area contributed by atoms with Gasteiger partial charge in [0.15, 0.2) is 0 Å². The van der Waals surface area contributed by atoms with Crippen molar-refractivity contribution in [3.8, 4) is 0 Å². The lowest BCUT2D eigenvalue weighted by molar-refractivity contribution is -0.216. The van der Waals surface area contributed by atoms with Crippen molar-refractivity contribution in [3.63, 3.8) is 0 Å². The second-order valence-corrected chi connectivity index (χ2v) is 14.9. The van der Waals surface area contributed by atoms with E-state index in [-0.39, 0.29) is 34.2 Å². The van der Waals surface area contributed by atoms with E-state index in [1.165, 1.54) is 5.57 Å². The maximum Gasteiger partial charge on any atom is 0.310 e.